The topological polar surface area (TPSA) is 55.6 Å². The highest BCUT2D eigenvalue weighted by molar-refractivity contribution is 6.31. The van der Waals surface area contributed by atoms with Gasteiger partial charge in [0, 0.05) is 24.2 Å². The van der Waals surface area contributed by atoms with E-state index in [0.717, 1.165) is 12.8 Å². The number of alkyl halides is 2. The van der Waals surface area contributed by atoms with Crippen molar-refractivity contribution in [2.75, 3.05) is 13.1 Å². The molecular formula is C13H15ClF2N2O2. The third kappa shape index (κ3) is 3.58. The average Bonchev–Trinajstić information content (AvgIpc) is 2.39. The van der Waals surface area contributed by atoms with E-state index in [0.29, 0.717) is 13.1 Å². The minimum atomic E-state index is -2.99. The minimum absolute atomic E-state index is 0.0342. The fourth-order valence-electron chi connectivity index (χ4n) is 2.23. The standard InChI is InChI=1S/C13H15ClF2N2O2/c14-8-3-4-11(20-13(15)16)10(6-8)12(19)18-5-1-2-9(17)7-18/h3-4,6,9,13H,1-2,5,7,17H2. The lowest BCUT2D eigenvalue weighted by atomic mass is 10.0. The molecule has 0 spiro atoms. The molecule has 20 heavy (non-hydrogen) atoms. The molecule has 1 heterocycles. The maximum atomic E-state index is 12.4. The average molecular weight is 305 g/mol. The maximum Gasteiger partial charge on any atom is 0.387 e. The van der Waals surface area contributed by atoms with Crippen LogP contribution < -0.4 is 10.5 Å². The minimum Gasteiger partial charge on any atom is -0.434 e. The molecule has 0 bridgehead atoms. The molecule has 1 saturated heterocycles. The van der Waals surface area contributed by atoms with Crippen molar-refractivity contribution in [1.82, 2.24) is 4.90 Å². The van der Waals surface area contributed by atoms with Crippen LogP contribution in [0, 0.1) is 0 Å². The number of rotatable bonds is 3. The molecule has 1 fully saturated rings. The van der Waals surface area contributed by atoms with Gasteiger partial charge >= 0.3 is 6.61 Å². The number of halogens is 3. The largest absolute Gasteiger partial charge is 0.434 e. The molecular weight excluding hydrogens is 290 g/mol. The van der Waals surface area contributed by atoms with Gasteiger partial charge in [0.1, 0.15) is 5.75 Å². The molecule has 1 aromatic rings. The van der Waals surface area contributed by atoms with Crippen molar-refractivity contribution >= 4 is 17.5 Å². The summed E-state index contributed by atoms with van der Waals surface area (Å²) in [6, 6.07) is 3.91. The zero-order valence-electron chi connectivity index (χ0n) is 10.7. The number of nitrogens with zero attached hydrogens (tertiary/aromatic N) is 1. The fraction of sp³-hybridized carbons (Fsp3) is 0.462. The Morgan fingerprint density at radius 3 is 2.90 bits per heavy atom. The van der Waals surface area contributed by atoms with Gasteiger partial charge < -0.3 is 15.4 Å². The van der Waals surface area contributed by atoms with Crippen molar-refractivity contribution in [2.24, 2.45) is 5.73 Å². The Morgan fingerprint density at radius 1 is 1.50 bits per heavy atom. The molecule has 110 valence electrons. The number of carbonyl (C=O) groups excluding carboxylic acids is 1. The van der Waals surface area contributed by atoms with Gasteiger partial charge in [0.05, 0.1) is 5.56 Å². The number of hydrogen-bond acceptors (Lipinski definition) is 3. The monoisotopic (exact) mass is 304 g/mol. The number of benzene rings is 1. The molecule has 0 aromatic heterocycles. The van der Waals surface area contributed by atoms with E-state index < -0.39 is 12.5 Å². The normalized spacial score (nSPS) is 19.2. The maximum absolute atomic E-state index is 12.4. The first kappa shape index (κ1) is 15.0. The second kappa shape index (κ2) is 6.37. The van der Waals surface area contributed by atoms with Gasteiger partial charge in [0.25, 0.3) is 5.91 Å². The van der Waals surface area contributed by atoms with Gasteiger partial charge in [-0.2, -0.15) is 8.78 Å². The summed E-state index contributed by atoms with van der Waals surface area (Å²) in [4.78, 5) is 13.9. The summed E-state index contributed by atoms with van der Waals surface area (Å²) in [7, 11) is 0. The number of carbonyl (C=O) groups is 1. The number of amides is 1. The first-order valence-corrected chi connectivity index (χ1v) is 6.64. The highest BCUT2D eigenvalue weighted by Crippen LogP contribution is 2.26. The van der Waals surface area contributed by atoms with Crippen molar-refractivity contribution in [3.8, 4) is 5.75 Å². The summed E-state index contributed by atoms with van der Waals surface area (Å²) in [6.45, 7) is -2.04. The predicted molar refractivity (Wildman–Crippen MR) is 71.2 cm³/mol. The summed E-state index contributed by atoms with van der Waals surface area (Å²) < 4.78 is 29.1. The van der Waals surface area contributed by atoms with Crippen molar-refractivity contribution in [3.63, 3.8) is 0 Å². The second-order valence-electron chi connectivity index (χ2n) is 4.67. The van der Waals surface area contributed by atoms with E-state index in [4.69, 9.17) is 17.3 Å². The number of piperidine rings is 1. The molecule has 1 aliphatic rings. The predicted octanol–water partition coefficient (Wildman–Crippen LogP) is 2.50. The van der Waals surface area contributed by atoms with E-state index in [1.165, 1.54) is 23.1 Å². The third-order valence-electron chi connectivity index (χ3n) is 3.13. The lowest BCUT2D eigenvalue weighted by Crippen LogP contribution is -2.45. The molecule has 1 unspecified atom stereocenters. The lowest BCUT2D eigenvalue weighted by Gasteiger charge is -2.31. The van der Waals surface area contributed by atoms with Crippen LogP contribution in [0.25, 0.3) is 0 Å². The summed E-state index contributed by atoms with van der Waals surface area (Å²) in [6.07, 6.45) is 1.64. The van der Waals surface area contributed by atoms with Crippen LogP contribution in [0.15, 0.2) is 18.2 Å². The van der Waals surface area contributed by atoms with Gasteiger partial charge in [0.2, 0.25) is 0 Å². The second-order valence-corrected chi connectivity index (χ2v) is 5.11. The molecule has 0 radical (unpaired) electrons. The molecule has 1 amide bonds. The Kier molecular flexibility index (Phi) is 4.77. The van der Waals surface area contributed by atoms with Gasteiger partial charge in [-0.05, 0) is 31.0 Å². The number of likely N-dealkylation sites (tertiary alicyclic amines) is 1. The van der Waals surface area contributed by atoms with Crippen LogP contribution in [0.2, 0.25) is 5.02 Å². The Hall–Kier alpha value is -1.40. The van der Waals surface area contributed by atoms with Crippen LogP contribution in [-0.2, 0) is 0 Å². The van der Waals surface area contributed by atoms with E-state index in [-0.39, 0.29) is 22.4 Å². The smallest absolute Gasteiger partial charge is 0.387 e. The van der Waals surface area contributed by atoms with Gasteiger partial charge in [-0.25, -0.2) is 0 Å². The van der Waals surface area contributed by atoms with Crippen molar-refractivity contribution in [1.29, 1.82) is 0 Å². The van der Waals surface area contributed by atoms with Crippen LogP contribution in [-0.4, -0.2) is 36.5 Å². The molecule has 4 nitrogen and oxygen atoms in total. The van der Waals surface area contributed by atoms with E-state index in [1.807, 2.05) is 0 Å². The molecule has 7 heteroatoms. The summed E-state index contributed by atoms with van der Waals surface area (Å²) in [5.41, 5.74) is 5.85. The molecule has 2 N–H and O–H groups in total. The van der Waals surface area contributed by atoms with Gasteiger partial charge in [-0.15, -0.1) is 0 Å². The van der Waals surface area contributed by atoms with Crippen LogP contribution in [0.4, 0.5) is 8.78 Å². The summed E-state index contributed by atoms with van der Waals surface area (Å²) >= 11 is 5.83. The molecule has 2 rings (SSSR count). The molecule has 0 saturated carbocycles. The first-order valence-electron chi connectivity index (χ1n) is 6.26. The van der Waals surface area contributed by atoms with E-state index in [1.54, 1.807) is 0 Å². The quantitative estimate of drug-likeness (QED) is 0.933. The van der Waals surface area contributed by atoms with Crippen LogP contribution in [0.1, 0.15) is 23.2 Å². The SMILES string of the molecule is NC1CCCN(C(=O)c2cc(Cl)ccc2OC(F)F)C1. The Bertz CT molecular complexity index is 499. The number of ether oxygens (including phenoxy) is 1. The fourth-order valence-corrected chi connectivity index (χ4v) is 2.40. The third-order valence-corrected chi connectivity index (χ3v) is 3.37. The van der Waals surface area contributed by atoms with Gasteiger partial charge in [-0.3, -0.25) is 4.79 Å². The zero-order valence-corrected chi connectivity index (χ0v) is 11.4. The van der Waals surface area contributed by atoms with Crippen LogP contribution >= 0.6 is 11.6 Å². The Morgan fingerprint density at radius 2 is 2.25 bits per heavy atom. The van der Waals surface area contributed by atoms with Gasteiger partial charge in [0.15, 0.2) is 0 Å². The van der Waals surface area contributed by atoms with Gasteiger partial charge in [-0.1, -0.05) is 11.6 Å². The van der Waals surface area contributed by atoms with Crippen molar-refractivity contribution in [3.05, 3.63) is 28.8 Å². The molecule has 1 aromatic carbocycles. The number of hydrogen-bond donors (Lipinski definition) is 1. The first-order chi connectivity index (χ1) is 9.47. The van der Waals surface area contributed by atoms with E-state index >= 15 is 0 Å². The van der Waals surface area contributed by atoms with E-state index in [9.17, 15) is 13.6 Å². The summed E-state index contributed by atoms with van der Waals surface area (Å²) in [5, 5.41) is 0.288. The summed E-state index contributed by atoms with van der Waals surface area (Å²) in [5.74, 6) is -0.563. The Labute approximate surface area is 120 Å². The molecule has 1 aliphatic heterocycles. The van der Waals surface area contributed by atoms with Crippen LogP contribution in [0.3, 0.4) is 0 Å². The highest BCUT2D eigenvalue weighted by Gasteiger charge is 2.25. The zero-order chi connectivity index (χ0) is 14.7. The lowest BCUT2D eigenvalue weighted by molar-refractivity contribution is -0.0503. The van der Waals surface area contributed by atoms with E-state index in [2.05, 4.69) is 4.74 Å². The molecule has 0 aliphatic carbocycles. The van der Waals surface area contributed by atoms with Crippen molar-refractivity contribution in [2.45, 2.75) is 25.5 Å². The highest BCUT2D eigenvalue weighted by atomic mass is 35.5. The Balaban J connectivity index is 2.25. The van der Waals surface area contributed by atoms with Crippen LogP contribution in [0.5, 0.6) is 5.75 Å². The number of nitrogens with two attached hydrogens (primary N) is 1. The van der Waals surface area contributed by atoms with Crippen molar-refractivity contribution < 1.29 is 18.3 Å². The molecule has 1 atom stereocenters.